The highest BCUT2D eigenvalue weighted by Gasteiger charge is 2.17. The van der Waals surface area contributed by atoms with Crippen molar-refractivity contribution in [3.05, 3.63) is 69.9 Å². The van der Waals surface area contributed by atoms with Gasteiger partial charge in [0.1, 0.15) is 30.6 Å². The van der Waals surface area contributed by atoms with Gasteiger partial charge < -0.3 is 13.9 Å². The molecule has 0 aliphatic carbocycles. The van der Waals surface area contributed by atoms with E-state index in [1.54, 1.807) is 24.3 Å². The van der Waals surface area contributed by atoms with Crippen molar-refractivity contribution >= 4 is 33.3 Å². The fourth-order valence-electron chi connectivity index (χ4n) is 3.07. The summed E-state index contributed by atoms with van der Waals surface area (Å²) in [4.78, 5) is 29.6. The average molecular weight is 406 g/mol. The summed E-state index contributed by atoms with van der Waals surface area (Å²) in [6.45, 7) is 1.03. The third kappa shape index (κ3) is 3.23. The van der Waals surface area contributed by atoms with E-state index in [1.807, 2.05) is 23.6 Å². The van der Waals surface area contributed by atoms with E-state index in [0.717, 1.165) is 5.56 Å². The molecule has 1 aliphatic heterocycles. The first-order valence-electron chi connectivity index (χ1n) is 8.86. The third-order valence-corrected chi connectivity index (χ3v) is 5.24. The number of thiazole rings is 1. The van der Waals surface area contributed by atoms with Crippen LogP contribution in [-0.2, 0) is 0 Å². The predicted octanol–water partition coefficient (Wildman–Crippen LogP) is 3.94. The molecule has 0 fully saturated rings. The second-order valence-electron chi connectivity index (χ2n) is 6.33. The molecule has 0 bridgehead atoms. The zero-order valence-corrected chi connectivity index (χ0v) is 15.8. The second-order valence-corrected chi connectivity index (χ2v) is 7.18. The fraction of sp³-hybridized carbons (Fsp3) is 0.0952. The van der Waals surface area contributed by atoms with E-state index in [4.69, 9.17) is 13.9 Å². The summed E-state index contributed by atoms with van der Waals surface area (Å²) >= 11 is 1.27. The molecular formula is C21H14N2O5S. The lowest BCUT2D eigenvalue weighted by Crippen LogP contribution is -2.21. The molecule has 0 spiro atoms. The minimum absolute atomic E-state index is 0.0696. The maximum Gasteiger partial charge on any atom is 0.264 e. The lowest BCUT2D eigenvalue weighted by atomic mass is 10.1. The van der Waals surface area contributed by atoms with Gasteiger partial charge in [0, 0.05) is 10.9 Å². The highest BCUT2D eigenvalue weighted by Crippen LogP contribution is 2.35. The smallest absolute Gasteiger partial charge is 0.264 e. The molecule has 2 aromatic carbocycles. The van der Waals surface area contributed by atoms with E-state index in [-0.39, 0.29) is 11.0 Å². The molecule has 0 unspecified atom stereocenters. The van der Waals surface area contributed by atoms with Gasteiger partial charge >= 0.3 is 0 Å². The molecule has 0 saturated carbocycles. The van der Waals surface area contributed by atoms with Crippen LogP contribution in [0.3, 0.4) is 0 Å². The lowest BCUT2D eigenvalue weighted by molar-refractivity contribution is 0.102. The zero-order chi connectivity index (χ0) is 19.8. The van der Waals surface area contributed by atoms with E-state index in [9.17, 15) is 9.59 Å². The number of nitrogens with one attached hydrogen (secondary N) is 1. The van der Waals surface area contributed by atoms with Crippen molar-refractivity contribution in [2.45, 2.75) is 0 Å². The van der Waals surface area contributed by atoms with Crippen LogP contribution in [0.5, 0.6) is 11.5 Å². The van der Waals surface area contributed by atoms with Crippen molar-refractivity contribution in [1.82, 2.24) is 4.98 Å². The number of amides is 1. The molecule has 8 heteroatoms. The van der Waals surface area contributed by atoms with E-state index < -0.39 is 5.91 Å². The topological polar surface area (TPSA) is 90.7 Å². The fourth-order valence-corrected chi connectivity index (χ4v) is 3.78. The van der Waals surface area contributed by atoms with Gasteiger partial charge in [0.15, 0.2) is 16.6 Å². The molecule has 5 rings (SSSR count). The van der Waals surface area contributed by atoms with E-state index in [2.05, 4.69) is 10.3 Å². The predicted molar refractivity (Wildman–Crippen MR) is 109 cm³/mol. The van der Waals surface area contributed by atoms with Crippen LogP contribution in [0.25, 0.3) is 22.2 Å². The SMILES string of the molecule is O=C(Nc1nc(-c2ccc3c(c2)OCCO3)cs1)c1coc2ccccc2c1=O. The van der Waals surface area contributed by atoms with Crippen molar-refractivity contribution in [3.63, 3.8) is 0 Å². The van der Waals surface area contributed by atoms with Crippen LogP contribution in [-0.4, -0.2) is 24.1 Å². The maximum atomic E-state index is 12.6. The molecule has 144 valence electrons. The van der Waals surface area contributed by atoms with Crippen LogP contribution in [0.15, 0.2) is 63.3 Å². The van der Waals surface area contributed by atoms with Crippen molar-refractivity contribution in [1.29, 1.82) is 0 Å². The van der Waals surface area contributed by atoms with Gasteiger partial charge in [-0.25, -0.2) is 4.98 Å². The largest absolute Gasteiger partial charge is 0.486 e. The van der Waals surface area contributed by atoms with Crippen LogP contribution in [0, 0.1) is 0 Å². The number of nitrogens with zero attached hydrogens (tertiary/aromatic N) is 1. The maximum absolute atomic E-state index is 12.6. The molecule has 1 N–H and O–H groups in total. The van der Waals surface area contributed by atoms with Gasteiger partial charge in [-0.3, -0.25) is 14.9 Å². The summed E-state index contributed by atoms with van der Waals surface area (Å²) in [7, 11) is 0. The molecule has 2 aromatic heterocycles. The van der Waals surface area contributed by atoms with E-state index >= 15 is 0 Å². The van der Waals surface area contributed by atoms with E-state index in [0.29, 0.717) is 46.5 Å². The average Bonchev–Trinajstić information content (AvgIpc) is 3.22. The molecule has 0 radical (unpaired) electrons. The van der Waals surface area contributed by atoms with Crippen LogP contribution in [0.2, 0.25) is 0 Å². The first kappa shape index (κ1) is 17.4. The number of para-hydroxylation sites is 1. The van der Waals surface area contributed by atoms with E-state index in [1.165, 1.54) is 17.6 Å². The van der Waals surface area contributed by atoms with Gasteiger partial charge in [-0.05, 0) is 30.3 Å². The Morgan fingerprint density at radius 2 is 1.90 bits per heavy atom. The number of carbonyl (C=O) groups is 1. The molecular weight excluding hydrogens is 392 g/mol. The minimum Gasteiger partial charge on any atom is -0.486 e. The summed E-state index contributed by atoms with van der Waals surface area (Å²) in [5.74, 6) is 0.806. The highest BCUT2D eigenvalue weighted by molar-refractivity contribution is 7.14. The molecule has 1 aliphatic rings. The second kappa shape index (κ2) is 7.06. The van der Waals surface area contributed by atoms with Crippen molar-refractivity contribution in [3.8, 4) is 22.8 Å². The number of hydrogen-bond donors (Lipinski definition) is 1. The summed E-state index contributed by atoms with van der Waals surface area (Å²) in [6, 6.07) is 12.4. The zero-order valence-electron chi connectivity index (χ0n) is 15.0. The van der Waals surface area contributed by atoms with Gasteiger partial charge in [-0.1, -0.05) is 12.1 Å². The Bertz CT molecular complexity index is 1290. The lowest BCUT2D eigenvalue weighted by Gasteiger charge is -2.18. The Balaban J connectivity index is 1.40. The molecule has 29 heavy (non-hydrogen) atoms. The number of carbonyl (C=O) groups excluding carboxylic acids is 1. The molecule has 1 amide bonds. The number of rotatable bonds is 3. The molecule has 7 nitrogen and oxygen atoms in total. The highest BCUT2D eigenvalue weighted by atomic mass is 32.1. The van der Waals surface area contributed by atoms with Crippen molar-refractivity contribution in [2.24, 2.45) is 0 Å². The summed E-state index contributed by atoms with van der Waals surface area (Å²) < 4.78 is 16.5. The molecule has 0 saturated heterocycles. The quantitative estimate of drug-likeness (QED) is 0.554. The Hall–Kier alpha value is -3.65. The first-order chi connectivity index (χ1) is 14.2. The first-order valence-corrected chi connectivity index (χ1v) is 9.74. The third-order valence-electron chi connectivity index (χ3n) is 4.49. The normalized spacial score (nSPS) is 12.7. The Labute approximate surface area is 168 Å². The number of anilines is 1. The van der Waals surface area contributed by atoms with Crippen LogP contribution >= 0.6 is 11.3 Å². The molecule has 4 aromatic rings. The monoisotopic (exact) mass is 406 g/mol. The van der Waals surface area contributed by atoms with Crippen molar-refractivity contribution in [2.75, 3.05) is 18.5 Å². The Morgan fingerprint density at radius 3 is 2.79 bits per heavy atom. The molecule has 3 heterocycles. The number of ether oxygens (including phenoxy) is 2. The van der Waals surface area contributed by atoms with Gasteiger partial charge in [0.05, 0.1) is 11.1 Å². The summed E-state index contributed by atoms with van der Waals surface area (Å²) in [5, 5.41) is 5.23. The Kier molecular flexibility index (Phi) is 4.25. The summed E-state index contributed by atoms with van der Waals surface area (Å²) in [5.41, 5.74) is 1.51. The number of fused-ring (bicyclic) bond motifs is 2. The number of hydrogen-bond acceptors (Lipinski definition) is 7. The number of benzene rings is 2. The van der Waals surface area contributed by atoms with Crippen LogP contribution in [0.4, 0.5) is 5.13 Å². The standard InChI is InChI=1S/C21H14N2O5S/c24-19-13-3-1-2-4-16(13)28-10-14(19)20(25)23-21-22-15(11-29-21)12-5-6-17-18(9-12)27-8-7-26-17/h1-6,9-11H,7-8H2,(H,22,23,25). The van der Waals surface area contributed by atoms with Crippen molar-refractivity contribution < 1.29 is 18.7 Å². The van der Waals surface area contributed by atoms with Gasteiger partial charge in [0.2, 0.25) is 5.43 Å². The van der Waals surface area contributed by atoms with Gasteiger partial charge in [-0.15, -0.1) is 11.3 Å². The number of aromatic nitrogens is 1. The van der Waals surface area contributed by atoms with Crippen LogP contribution < -0.4 is 20.2 Å². The minimum atomic E-state index is -0.562. The summed E-state index contributed by atoms with van der Waals surface area (Å²) in [6.07, 6.45) is 1.18. The Morgan fingerprint density at radius 1 is 1.07 bits per heavy atom. The van der Waals surface area contributed by atoms with Gasteiger partial charge in [0.25, 0.3) is 5.91 Å². The van der Waals surface area contributed by atoms with Gasteiger partial charge in [-0.2, -0.15) is 0 Å². The van der Waals surface area contributed by atoms with Crippen LogP contribution in [0.1, 0.15) is 10.4 Å². The molecule has 0 atom stereocenters.